The summed E-state index contributed by atoms with van der Waals surface area (Å²) in [6, 6.07) is 7.04. The van der Waals surface area contributed by atoms with Gasteiger partial charge in [0, 0.05) is 5.02 Å². The lowest BCUT2D eigenvalue weighted by Crippen LogP contribution is -2.22. The lowest BCUT2D eigenvalue weighted by atomic mass is 10.1. The first-order chi connectivity index (χ1) is 7.91. The van der Waals surface area contributed by atoms with E-state index in [0.717, 1.165) is 5.56 Å². The zero-order valence-corrected chi connectivity index (χ0v) is 10.8. The Morgan fingerprint density at radius 2 is 1.71 bits per heavy atom. The van der Waals surface area contributed by atoms with Crippen molar-refractivity contribution in [2.75, 3.05) is 0 Å². The molecule has 0 radical (unpaired) electrons. The topological polar surface area (TPSA) is 43.4 Å². The third-order valence-corrected chi connectivity index (χ3v) is 2.85. The molecule has 0 N–H and O–H groups in total. The second-order valence-electron chi connectivity index (χ2n) is 3.96. The number of benzene rings is 1. The monoisotopic (exact) mass is 254 g/mol. The molecule has 0 saturated heterocycles. The normalized spacial score (nSPS) is 13.9. The second kappa shape index (κ2) is 5.82. The van der Waals surface area contributed by atoms with Crippen LogP contribution in [0.15, 0.2) is 24.3 Å². The van der Waals surface area contributed by atoms with Crippen molar-refractivity contribution in [1.29, 1.82) is 0 Å². The Morgan fingerprint density at radius 3 is 2.18 bits per heavy atom. The molecule has 0 spiro atoms. The van der Waals surface area contributed by atoms with Crippen molar-refractivity contribution < 1.29 is 14.3 Å². The number of hydrogen-bond acceptors (Lipinski definition) is 3. The minimum Gasteiger partial charge on any atom is -0.457 e. The Labute approximate surface area is 106 Å². The number of ether oxygens (including phenoxy) is 1. The van der Waals surface area contributed by atoms with Crippen molar-refractivity contribution in [2.45, 2.75) is 26.9 Å². The molecular weight excluding hydrogens is 240 g/mol. The fourth-order valence-corrected chi connectivity index (χ4v) is 1.37. The van der Waals surface area contributed by atoms with E-state index in [1.165, 1.54) is 6.92 Å². The summed E-state index contributed by atoms with van der Waals surface area (Å²) in [7, 11) is 0. The van der Waals surface area contributed by atoms with Gasteiger partial charge < -0.3 is 4.74 Å². The molecule has 3 nitrogen and oxygen atoms in total. The maximum absolute atomic E-state index is 11.6. The van der Waals surface area contributed by atoms with Crippen molar-refractivity contribution in [3.05, 3.63) is 34.9 Å². The number of esters is 1. The van der Waals surface area contributed by atoms with E-state index >= 15 is 0 Å². The molecule has 2 unspecified atom stereocenters. The molecule has 92 valence electrons. The van der Waals surface area contributed by atoms with Crippen LogP contribution in [0.1, 0.15) is 32.4 Å². The number of hydrogen-bond donors (Lipinski definition) is 0. The van der Waals surface area contributed by atoms with Gasteiger partial charge in [0.15, 0.2) is 0 Å². The summed E-state index contributed by atoms with van der Waals surface area (Å²) in [4.78, 5) is 22.6. The van der Waals surface area contributed by atoms with Crippen LogP contribution < -0.4 is 0 Å². The Bertz CT molecular complexity index is 411. The van der Waals surface area contributed by atoms with Crippen LogP contribution in [0.25, 0.3) is 0 Å². The van der Waals surface area contributed by atoms with Gasteiger partial charge >= 0.3 is 5.97 Å². The van der Waals surface area contributed by atoms with E-state index in [1.54, 1.807) is 38.1 Å². The van der Waals surface area contributed by atoms with Gasteiger partial charge in [-0.1, -0.05) is 23.7 Å². The van der Waals surface area contributed by atoms with Crippen LogP contribution in [0.2, 0.25) is 5.02 Å². The Kier molecular flexibility index (Phi) is 4.70. The van der Waals surface area contributed by atoms with E-state index < -0.39 is 11.9 Å². The smallest absolute Gasteiger partial charge is 0.316 e. The van der Waals surface area contributed by atoms with Gasteiger partial charge in [-0.05, 0) is 38.5 Å². The van der Waals surface area contributed by atoms with Gasteiger partial charge in [-0.3, -0.25) is 9.59 Å². The van der Waals surface area contributed by atoms with Gasteiger partial charge in [0.05, 0.1) is 0 Å². The minimum atomic E-state index is -0.718. The molecule has 2 atom stereocenters. The molecule has 0 aliphatic heterocycles. The van der Waals surface area contributed by atoms with Crippen molar-refractivity contribution in [3.8, 4) is 0 Å². The van der Waals surface area contributed by atoms with E-state index in [2.05, 4.69) is 0 Å². The molecule has 0 aliphatic carbocycles. The lowest BCUT2D eigenvalue weighted by Gasteiger charge is -2.15. The number of carbonyl (C=O) groups is 2. The van der Waals surface area contributed by atoms with E-state index in [4.69, 9.17) is 16.3 Å². The molecule has 0 fully saturated rings. The summed E-state index contributed by atoms with van der Waals surface area (Å²) in [5, 5.41) is 0.629. The summed E-state index contributed by atoms with van der Waals surface area (Å²) in [5.41, 5.74) is 0.846. The highest BCUT2D eigenvalue weighted by Gasteiger charge is 2.21. The third kappa shape index (κ3) is 3.86. The van der Waals surface area contributed by atoms with Crippen molar-refractivity contribution in [2.24, 2.45) is 5.92 Å². The number of ketones is 1. The van der Waals surface area contributed by atoms with Gasteiger partial charge in [-0.15, -0.1) is 0 Å². The maximum Gasteiger partial charge on any atom is 0.316 e. The molecule has 0 aliphatic rings. The maximum atomic E-state index is 11.6. The zero-order chi connectivity index (χ0) is 13.0. The molecule has 4 heteroatoms. The first kappa shape index (κ1) is 13.7. The van der Waals surface area contributed by atoms with Crippen LogP contribution in [0, 0.1) is 5.92 Å². The highest BCUT2D eigenvalue weighted by Crippen LogP contribution is 2.20. The van der Waals surface area contributed by atoms with Gasteiger partial charge in [0.1, 0.15) is 17.8 Å². The van der Waals surface area contributed by atoms with Crippen LogP contribution in [0.3, 0.4) is 0 Å². The molecule has 0 heterocycles. The Balaban J connectivity index is 2.66. The average molecular weight is 255 g/mol. The summed E-state index contributed by atoms with van der Waals surface area (Å²) in [6.45, 7) is 4.67. The highest BCUT2D eigenvalue weighted by molar-refractivity contribution is 6.30. The summed E-state index contributed by atoms with van der Waals surface area (Å²) in [5.74, 6) is -1.41. The van der Waals surface area contributed by atoms with Crippen LogP contribution in [0.4, 0.5) is 0 Å². The molecule has 0 amide bonds. The summed E-state index contributed by atoms with van der Waals surface area (Å²) >= 11 is 5.76. The van der Waals surface area contributed by atoms with Crippen LogP contribution in [-0.2, 0) is 14.3 Å². The van der Waals surface area contributed by atoms with Gasteiger partial charge in [0.2, 0.25) is 0 Å². The first-order valence-corrected chi connectivity index (χ1v) is 5.76. The number of Topliss-reactive ketones (excluding diaryl/α,β-unsaturated/α-hetero) is 1. The van der Waals surface area contributed by atoms with Crippen molar-refractivity contribution >= 4 is 23.4 Å². The third-order valence-electron chi connectivity index (χ3n) is 2.60. The lowest BCUT2D eigenvalue weighted by molar-refractivity contribution is -0.155. The van der Waals surface area contributed by atoms with Gasteiger partial charge in [-0.2, -0.15) is 0 Å². The number of rotatable bonds is 4. The first-order valence-electron chi connectivity index (χ1n) is 5.38. The summed E-state index contributed by atoms with van der Waals surface area (Å²) < 4.78 is 5.20. The van der Waals surface area contributed by atoms with Gasteiger partial charge in [-0.25, -0.2) is 0 Å². The Morgan fingerprint density at radius 1 is 1.18 bits per heavy atom. The van der Waals surface area contributed by atoms with E-state index in [-0.39, 0.29) is 11.9 Å². The quantitative estimate of drug-likeness (QED) is 0.612. The molecule has 1 aromatic rings. The number of carbonyl (C=O) groups excluding carboxylic acids is 2. The molecular formula is C13H15ClO3. The molecule has 0 saturated carbocycles. The highest BCUT2D eigenvalue weighted by atomic mass is 35.5. The second-order valence-corrected chi connectivity index (χ2v) is 4.40. The van der Waals surface area contributed by atoms with Crippen molar-refractivity contribution in [3.63, 3.8) is 0 Å². The van der Waals surface area contributed by atoms with Crippen LogP contribution >= 0.6 is 11.6 Å². The van der Waals surface area contributed by atoms with E-state index in [1.807, 2.05) is 0 Å². The molecule has 0 aromatic heterocycles. The Hall–Kier alpha value is -1.35. The molecule has 17 heavy (non-hydrogen) atoms. The molecule has 0 bridgehead atoms. The zero-order valence-electron chi connectivity index (χ0n) is 10.1. The van der Waals surface area contributed by atoms with Gasteiger partial charge in [0.25, 0.3) is 0 Å². The van der Waals surface area contributed by atoms with Crippen molar-refractivity contribution in [1.82, 2.24) is 0 Å². The standard InChI is InChI=1S/C13H15ClO3/c1-8(9(2)15)13(16)17-10(3)11-4-6-12(14)7-5-11/h4-8,10H,1-3H3. The van der Waals surface area contributed by atoms with E-state index in [9.17, 15) is 9.59 Å². The fourth-order valence-electron chi connectivity index (χ4n) is 1.24. The predicted octanol–water partition coefficient (Wildman–Crippen LogP) is 3.17. The SMILES string of the molecule is CC(=O)C(C)C(=O)OC(C)c1ccc(Cl)cc1. The number of halogens is 1. The van der Waals surface area contributed by atoms with Crippen LogP contribution in [0.5, 0.6) is 0 Å². The minimum absolute atomic E-state index is 0.196. The average Bonchev–Trinajstić information content (AvgIpc) is 2.28. The summed E-state index contributed by atoms with van der Waals surface area (Å²) in [6.07, 6.45) is -0.387. The molecule has 1 aromatic carbocycles. The fraction of sp³-hybridized carbons (Fsp3) is 0.385. The van der Waals surface area contributed by atoms with Crippen LogP contribution in [-0.4, -0.2) is 11.8 Å². The predicted molar refractivity (Wildman–Crippen MR) is 65.8 cm³/mol. The largest absolute Gasteiger partial charge is 0.457 e. The van der Waals surface area contributed by atoms with E-state index in [0.29, 0.717) is 5.02 Å². The molecule has 1 rings (SSSR count).